The van der Waals surface area contributed by atoms with E-state index in [1.807, 2.05) is 0 Å². The SMILES string of the molecule is Cl.O=C(OCCNC1CCCCC1)c1ccc([N+](=O)[O-])cc1. The second-order valence-electron chi connectivity index (χ2n) is 5.23. The maximum absolute atomic E-state index is 11.8. The van der Waals surface area contributed by atoms with Gasteiger partial charge in [-0.1, -0.05) is 19.3 Å². The number of rotatable bonds is 6. The van der Waals surface area contributed by atoms with Crippen molar-refractivity contribution in [2.24, 2.45) is 0 Å². The monoisotopic (exact) mass is 328 g/mol. The number of non-ortho nitro benzene ring substituents is 1. The molecule has 0 aliphatic heterocycles. The van der Waals surface area contributed by atoms with Gasteiger partial charge in [0, 0.05) is 24.7 Å². The van der Waals surface area contributed by atoms with Crippen LogP contribution < -0.4 is 5.32 Å². The highest BCUT2D eigenvalue weighted by Gasteiger charge is 2.13. The molecule has 0 aromatic heterocycles. The van der Waals surface area contributed by atoms with E-state index in [1.165, 1.54) is 56.4 Å². The number of benzene rings is 1. The Hall–Kier alpha value is -1.66. The highest BCUT2D eigenvalue weighted by molar-refractivity contribution is 5.89. The molecule has 0 radical (unpaired) electrons. The first kappa shape index (κ1) is 18.4. The first-order chi connectivity index (χ1) is 10.2. The molecule has 1 N–H and O–H groups in total. The van der Waals surface area contributed by atoms with E-state index in [9.17, 15) is 14.9 Å². The second-order valence-corrected chi connectivity index (χ2v) is 5.23. The van der Waals surface area contributed by atoms with Gasteiger partial charge in [0.1, 0.15) is 6.61 Å². The summed E-state index contributed by atoms with van der Waals surface area (Å²) in [7, 11) is 0. The van der Waals surface area contributed by atoms with Gasteiger partial charge in [-0.3, -0.25) is 10.1 Å². The van der Waals surface area contributed by atoms with Crippen molar-refractivity contribution in [3.8, 4) is 0 Å². The summed E-state index contributed by atoms with van der Waals surface area (Å²) in [5.74, 6) is -0.449. The third-order valence-corrected chi connectivity index (χ3v) is 3.69. The molecule has 1 fully saturated rings. The van der Waals surface area contributed by atoms with Gasteiger partial charge in [0.2, 0.25) is 0 Å². The average Bonchev–Trinajstić information content (AvgIpc) is 2.52. The molecule has 0 unspecified atom stereocenters. The van der Waals surface area contributed by atoms with Crippen LogP contribution in [0, 0.1) is 10.1 Å². The fourth-order valence-electron chi connectivity index (χ4n) is 2.52. The second kappa shape index (κ2) is 9.38. The fraction of sp³-hybridized carbons (Fsp3) is 0.533. The van der Waals surface area contributed by atoms with Crippen molar-refractivity contribution in [3.63, 3.8) is 0 Å². The minimum absolute atomic E-state index is 0. The Kier molecular flexibility index (Phi) is 7.84. The molecule has 0 bridgehead atoms. The van der Waals surface area contributed by atoms with E-state index >= 15 is 0 Å². The van der Waals surface area contributed by atoms with E-state index in [0.29, 0.717) is 24.8 Å². The lowest BCUT2D eigenvalue weighted by molar-refractivity contribution is -0.384. The van der Waals surface area contributed by atoms with Crippen molar-refractivity contribution in [1.82, 2.24) is 5.32 Å². The molecule has 1 aliphatic carbocycles. The zero-order valence-electron chi connectivity index (χ0n) is 12.3. The summed E-state index contributed by atoms with van der Waals surface area (Å²) in [5.41, 5.74) is 0.295. The summed E-state index contributed by atoms with van der Waals surface area (Å²) < 4.78 is 5.15. The molecule has 2 rings (SSSR count). The predicted molar refractivity (Wildman–Crippen MR) is 85.5 cm³/mol. The number of nitro benzene ring substituents is 1. The van der Waals surface area contributed by atoms with Gasteiger partial charge in [-0.25, -0.2) is 4.79 Å². The Morgan fingerprint density at radius 3 is 2.45 bits per heavy atom. The van der Waals surface area contributed by atoms with E-state index in [2.05, 4.69) is 5.32 Å². The van der Waals surface area contributed by atoms with Crippen LogP contribution in [0.1, 0.15) is 42.5 Å². The Morgan fingerprint density at radius 2 is 1.86 bits per heavy atom. The van der Waals surface area contributed by atoms with E-state index < -0.39 is 10.9 Å². The number of hydrogen-bond donors (Lipinski definition) is 1. The van der Waals surface area contributed by atoms with Crippen molar-refractivity contribution in [2.75, 3.05) is 13.2 Å². The number of hydrogen-bond acceptors (Lipinski definition) is 5. The van der Waals surface area contributed by atoms with Gasteiger partial charge >= 0.3 is 5.97 Å². The number of halogens is 1. The lowest BCUT2D eigenvalue weighted by Gasteiger charge is -2.22. The summed E-state index contributed by atoms with van der Waals surface area (Å²) in [6.45, 7) is 0.954. The van der Waals surface area contributed by atoms with Gasteiger partial charge < -0.3 is 10.1 Å². The molecule has 1 aromatic rings. The maximum atomic E-state index is 11.8. The molecule has 0 saturated heterocycles. The zero-order valence-corrected chi connectivity index (χ0v) is 13.1. The van der Waals surface area contributed by atoms with Gasteiger partial charge in [-0.05, 0) is 25.0 Å². The molecule has 1 saturated carbocycles. The number of carbonyl (C=O) groups is 1. The molecule has 22 heavy (non-hydrogen) atoms. The number of ether oxygens (including phenoxy) is 1. The number of carbonyl (C=O) groups excluding carboxylic acids is 1. The highest BCUT2D eigenvalue weighted by atomic mass is 35.5. The maximum Gasteiger partial charge on any atom is 0.338 e. The number of nitro groups is 1. The van der Waals surface area contributed by atoms with Crippen molar-refractivity contribution in [3.05, 3.63) is 39.9 Å². The zero-order chi connectivity index (χ0) is 15.1. The van der Waals surface area contributed by atoms with Crippen molar-refractivity contribution in [2.45, 2.75) is 38.1 Å². The largest absolute Gasteiger partial charge is 0.461 e. The van der Waals surface area contributed by atoms with Crippen molar-refractivity contribution >= 4 is 24.1 Å². The number of nitrogens with zero attached hydrogens (tertiary/aromatic N) is 1. The van der Waals surface area contributed by atoms with Crippen molar-refractivity contribution < 1.29 is 14.5 Å². The molecular formula is C15H21ClN2O4. The smallest absolute Gasteiger partial charge is 0.338 e. The standard InChI is InChI=1S/C15H20N2O4.ClH/c18-15(12-6-8-14(9-7-12)17(19)20)21-11-10-16-13-4-2-1-3-5-13;/h6-9,13,16H,1-5,10-11H2;1H. The summed E-state index contributed by atoms with van der Waals surface area (Å²) in [6, 6.07) is 5.97. The van der Waals surface area contributed by atoms with Gasteiger partial charge in [-0.15, -0.1) is 12.4 Å². The van der Waals surface area contributed by atoms with Crippen molar-refractivity contribution in [1.29, 1.82) is 0 Å². The minimum atomic E-state index is -0.497. The van der Waals surface area contributed by atoms with E-state index in [-0.39, 0.29) is 18.1 Å². The average molecular weight is 329 g/mol. The molecule has 1 aromatic carbocycles. The summed E-state index contributed by atoms with van der Waals surface area (Å²) >= 11 is 0. The topological polar surface area (TPSA) is 81.5 Å². The van der Waals surface area contributed by atoms with Crippen LogP contribution in [0.4, 0.5) is 5.69 Å². The fourth-order valence-corrected chi connectivity index (χ4v) is 2.52. The van der Waals surface area contributed by atoms with Gasteiger partial charge in [0.15, 0.2) is 0 Å². The quantitative estimate of drug-likeness (QED) is 0.375. The van der Waals surface area contributed by atoms with Gasteiger partial charge in [-0.2, -0.15) is 0 Å². The molecule has 1 aliphatic rings. The van der Waals surface area contributed by atoms with Crippen LogP contribution >= 0.6 is 12.4 Å². The molecule has 0 spiro atoms. The number of esters is 1. The Bertz CT molecular complexity index is 487. The van der Waals surface area contributed by atoms with E-state index in [0.717, 1.165) is 0 Å². The number of nitrogens with one attached hydrogen (secondary N) is 1. The van der Waals surface area contributed by atoms with Gasteiger partial charge in [0.25, 0.3) is 5.69 Å². The molecular weight excluding hydrogens is 308 g/mol. The molecule has 0 heterocycles. The van der Waals surface area contributed by atoms with E-state index in [1.54, 1.807) is 0 Å². The van der Waals surface area contributed by atoms with Crippen LogP contribution in [0.5, 0.6) is 0 Å². The Morgan fingerprint density at radius 1 is 1.23 bits per heavy atom. The van der Waals surface area contributed by atoms with Crippen LogP contribution in [0.15, 0.2) is 24.3 Å². The Labute approximate surface area is 135 Å². The molecule has 7 heteroatoms. The lowest BCUT2D eigenvalue weighted by Crippen LogP contribution is -2.33. The van der Waals surface area contributed by atoms with Crippen LogP contribution in [0.3, 0.4) is 0 Å². The summed E-state index contributed by atoms with van der Waals surface area (Å²) in [4.78, 5) is 21.8. The lowest BCUT2D eigenvalue weighted by atomic mass is 9.96. The highest BCUT2D eigenvalue weighted by Crippen LogP contribution is 2.17. The van der Waals surface area contributed by atoms with Gasteiger partial charge in [0.05, 0.1) is 10.5 Å². The van der Waals surface area contributed by atoms with Crippen LogP contribution in [-0.4, -0.2) is 30.1 Å². The normalized spacial score (nSPS) is 14.9. The molecule has 0 atom stereocenters. The molecule has 0 amide bonds. The summed E-state index contributed by atoms with van der Waals surface area (Å²) in [5, 5.41) is 13.9. The first-order valence-corrected chi connectivity index (χ1v) is 7.32. The summed E-state index contributed by atoms with van der Waals surface area (Å²) in [6.07, 6.45) is 6.22. The third-order valence-electron chi connectivity index (χ3n) is 3.69. The predicted octanol–water partition coefficient (Wildman–Crippen LogP) is 3.10. The minimum Gasteiger partial charge on any atom is -0.461 e. The van der Waals surface area contributed by atoms with Crippen LogP contribution in [0.25, 0.3) is 0 Å². The van der Waals surface area contributed by atoms with Crippen LogP contribution in [0.2, 0.25) is 0 Å². The third kappa shape index (κ3) is 5.61. The first-order valence-electron chi connectivity index (χ1n) is 7.32. The molecule has 122 valence electrons. The van der Waals surface area contributed by atoms with Crippen LogP contribution in [-0.2, 0) is 4.74 Å². The van der Waals surface area contributed by atoms with E-state index in [4.69, 9.17) is 4.74 Å². The Balaban J connectivity index is 0.00000242. The molecule has 6 nitrogen and oxygen atoms in total.